The number of H-pyrrole nitrogens is 1. The molecule has 120 valence electrons. The molecule has 2 heterocycles. The average molecular weight is 320 g/mol. The highest BCUT2D eigenvalue weighted by molar-refractivity contribution is 5.99. The molecule has 6 nitrogen and oxygen atoms in total. The van der Waals surface area contributed by atoms with Crippen molar-refractivity contribution < 1.29 is 4.74 Å². The van der Waals surface area contributed by atoms with E-state index in [2.05, 4.69) is 10.2 Å². The predicted molar refractivity (Wildman–Crippen MR) is 93.2 cm³/mol. The van der Waals surface area contributed by atoms with Crippen LogP contribution in [0.1, 0.15) is 5.56 Å². The Bertz CT molecular complexity index is 1090. The van der Waals surface area contributed by atoms with Gasteiger partial charge in [0.2, 0.25) is 0 Å². The van der Waals surface area contributed by atoms with Gasteiger partial charge in [-0.25, -0.2) is 14.3 Å². The summed E-state index contributed by atoms with van der Waals surface area (Å²) in [7, 11) is 1.64. The number of pyridine rings is 1. The Morgan fingerprint density at radius 3 is 2.83 bits per heavy atom. The van der Waals surface area contributed by atoms with Crippen LogP contribution in [0.5, 0.6) is 5.75 Å². The summed E-state index contributed by atoms with van der Waals surface area (Å²) in [4.78, 5) is 12.1. The van der Waals surface area contributed by atoms with E-state index in [1.165, 1.54) is 0 Å². The van der Waals surface area contributed by atoms with E-state index in [0.29, 0.717) is 12.2 Å². The maximum absolute atomic E-state index is 12.1. The summed E-state index contributed by atoms with van der Waals surface area (Å²) < 4.78 is 7.12. The molecule has 0 fully saturated rings. The van der Waals surface area contributed by atoms with Crippen molar-refractivity contribution in [1.82, 2.24) is 14.6 Å². The first kappa shape index (κ1) is 14.5. The second-order valence-corrected chi connectivity index (χ2v) is 5.50. The molecule has 0 aliphatic rings. The molecular weight excluding hydrogens is 304 g/mol. The van der Waals surface area contributed by atoms with E-state index in [4.69, 9.17) is 10.5 Å². The Kier molecular flexibility index (Phi) is 3.32. The monoisotopic (exact) mass is 320 g/mol. The first-order chi connectivity index (χ1) is 11.7. The molecule has 0 spiro atoms. The van der Waals surface area contributed by atoms with E-state index in [-0.39, 0.29) is 5.69 Å². The number of fused-ring (bicyclic) bond motifs is 3. The zero-order chi connectivity index (χ0) is 16.7. The number of aromatic amines is 1. The third-order valence-electron chi connectivity index (χ3n) is 4.23. The van der Waals surface area contributed by atoms with Crippen molar-refractivity contribution in [3.8, 4) is 16.9 Å². The molecule has 6 heteroatoms. The zero-order valence-electron chi connectivity index (χ0n) is 13.1. The lowest BCUT2D eigenvalue weighted by Gasteiger charge is -2.15. The molecule has 0 atom stereocenters. The Morgan fingerprint density at radius 2 is 2.04 bits per heavy atom. The molecule has 0 unspecified atom stereocenters. The van der Waals surface area contributed by atoms with Crippen LogP contribution in [0.4, 0.5) is 0 Å². The number of para-hydroxylation sites is 1. The van der Waals surface area contributed by atoms with Gasteiger partial charge in [0.05, 0.1) is 12.6 Å². The molecule has 4 rings (SSSR count). The highest BCUT2D eigenvalue weighted by Crippen LogP contribution is 2.38. The van der Waals surface area contributed by atoms with Gasteiger partial charge in [-0.15, -0.1) is 0 Å². The van der Waals surface area contributed by atoms with Crippen LogP contribution < -0.4 is 16.2 Å². The molecule has 0 bridgehead atoms. The molecule has 4 aromatic rings. The molecule has 3 N–H and O–H groups in total. The summed E-state index contributed by atoms with van der Waals surface area (Å²) in [5.41, 5.74) is 9.87. The van der Waals surface area contributed by atoms with Crippen molar-refractivity contribution in [1.29, 1.82) is 0 Å². The van der Waals surface area contributed by atoms with Gasteiger partial charge < -0.3 is 10.5 Å². The number of nitrogens with one attached hydrogen (secondary N) is 1. The van der Waals surface area contributed by atoms with Gasteiger partial charge in [0.1, 0.15) is 5.75 Å². The second-order valence-electron chi connectivity index (χ2n) is 5.50. The Hall–Kier alpha value is -3.12. The number of nitrogens with zero attached hydrogens (tertiary/aromatic N) is 2. The molecule has 0 amide bonds. The van der Waals surface area contributed by atoms with E-state index in [0.717, 1.165) is 33.3 Å². The van der Waals surface area contributed by atoms with Gasteiger partial charge in [-0.1, -0.05) is 30.3 Å². The third-order valence-corrected chi connectivity index (χ3v) is 4.23. The van der Waals surface area contributed by atoms with Crippen molar-refractivity contribution in [2.24, 2.45) is 5.73 Å². The highest BCUT2D eigenvalue weighted by atomic mass is 16.5. The van der Waals surface area contributed by atoms with E-state index < -0.39 is 0 Å². The average Bonchev–Trinajstić information content (AvgIpc) is 3.01. The fourth-order valence-corrected chi connectivity index (χ4v) is 3.17. The van der Waals surface area contributed by atoms with E-state index >= 15 is 0 Å². The summed E-state index contributed by atoms with van der Waals surface area (Å²) in [6.07, 6.45) is 0. The first-order valence-electron chi connectivity index (χ1n) is 7.60. The number of methoxy groups -OCH3 is 1. The minimum absolute atomic E-state index is 0.258. The van der Waals surface area contributed by atoms with Crippen LogP contribution in [0.25, 0.3) is 27.7 Å². The minimum Gasteiger partial charge on any atom is -0.496 e. The number of ether oxygens (including phenoxy) is 1. The van der Waals surface area contributed by atoms with Gasteiger partial charge in [0, 0.05) is 17.5 Å². The van der Waals surface area contributed by atoms with Crippen LogP contribution in [0.2, 0.25) is 0 Å². The fraction of sp³-hybridized carbons (Fsp3) is 0.111. The van der Waals surface area contributed by atoms with Crippen molar-refractivity contribution in [3.63, 3.8) is 0 Å². The van der Waals surface area contributed by atoms with Crippen LogP contribution in [-0.4, -0.2) is 21.7 Å². The molecule has 0 saturated carbocycles. The second kappa shape index (κ2) is 5.50. The SMILES string of the molecule is COc1cccc(CN)c1-c1cc2n[nH]c(=O)n2c2ccccc12. The largest absolute Gasteiger partial charge is 0.496 e. The van der Waals surface area contributed by atoms with Crippen molar-refractivity contribution in [3.05, 3.63) is 64.6 Å². The Labute approximate surface area is 137 Å². The number of benzene rings is 2. The maximum atomic E-state index is 12.1. The smallest absolute Gasteiger partial charge is 0.348 e. The van der Waals surface area contributed by atoms with Gasteiger partial charge in [-0.05, 0) is 29.3 Å². The molecule has 0 aliphatic carbocycles. The quantitative estimate of drug-likeness (QED) is 0.606. The molecule has 0 radical (unpaired) electrons. The summed E-state index contributed by atoms with van der Waals surface area (Å²) in [6.45, 7) is 0.388. The van der Waals surface area contributed by atoms with E-state index in [9.17, 15) is 4.79 Å². The van der Waals surface area contributed by atoms with Crippen LogP contribution in [0.3, 0.4) is 0 Å². The lowest BCUT2D eigenvalue weighted by molar-refractivity contribution is 0.416. The van der Waals surface area contributed by atoms with Gasteiger partial charge in [-0.2, -0.15) is 5.10 Å². The lowest BCUT2D eigenvalue weighted by atomic mass is 9.95. The van der Waals surface area contributed by atoms with Crippen molar-refractivity contribution in [2.75, 3.05) is 7.11 Å². The summed E-state index contributed by atoms with van der Waals surface area (Å²) in [5.74, 6) is 0.741. The normalized spacial score (nSPS) is 11.2. The molecule has 24 heavy (non-hydrogen) atoms. The Balaban J connectivity index is 2.20. The first-order valence-corrected chi connectivity index (χ1v) is 7.60. The molecular formula is C18H16N4O2. The molecule has 0 saturated heterocycles. The topological polar surface area (TPSA) is 85.4 Å². The predicted octanol–water partition coefficient (Wildman–Crippen LogP) is 2.31. The van der Waals surface area contributed by atoms with E-state index in [1.54, 1.807) is 11.5 Å². The minimum atomic E-state index is -0.258. The van der Waals surface area contributed by atoms with Crippen LogP contribution in [0.15, 0.2) is 53.3 Å². The fourth-order valence-electron chi connectivity index (χ4n) is 3.17. The molecule has 2 aromatic heterocycles. The van der Waals surface area contributed by atoms with Gasteiger partial charge in [0.15, 0.2) is 5.65 Å². The number of hydrogen-bond donors (Lipinski definition) is 2. The number of hydrogen-bond acceptors (Lipinski definition) is 4. The molecule has 2 aromatic carbocycles. The highest BCUT2D eigenvalue weighted by Gasteiger charge is 2.16. The maximum Gasteiger partial charge on any atom is 0.348 e. The van der Waals surface area contributed by atoms with Crippen molar-refractivity contribution >= 4 is 16.6 Å². The zero-order valence-corrected chi connectivity index (χ0v) is 13.1. The number of rotatable bonds is 3. The summed E-state index contributed by atoms with van der Waals surface area (Å²) in [5, 5.41) is 7.56. The summed E-state index contributed by atoms with van der Waals surface area (Å²) in [6, 6.07) is 15.4. The third kappa shape index (κ3) is 2.00. The number of aromatic nitrogens is 3. The van der Waals surface area contributed by atoms with Crippen LogP contribution in [0, 0.1) is 0 Å². The standard InChI is InChI=1S/C18H16N4O2/c1-24-15-8-4-5-11(10-19)17(15)13-9-16-20-21-18(23)22(16)14-7-3-2-6-12(13)14/h2-9H,10,19H2,1H3,(H,21,23). The van der Waals surface area contributed by atoms with E-state index in [1.807, 2.05) is 48.5 Å². The van der Waals surface area contributed by atoms with Gasteiger partial charge in [0.25, 0.3) is 0 Å². The van der Waals surface area contributed by atoms with Crippen LogP contribution in [-0.2, 0) is 6.54 Å². The van der Waals surface area contributed by atoms with Gasteiger partial charge >= 0.3 is 5.69 Å². The lowest BCUT2D eigenvalue weighted by Crippen LogP contribution is -2.10. The summed E-state index contributed by atoms with van der Waals surface area (Å²) >= 11 is 0. The van der Waals surface area contributed by atoms with Gasteiger partial charge in [-0.3, -0.25) is 0 Å². The van der Waals surface area contributed by atoms with Crippen molar-refractivity contribution in [2.45, 2.75) is 6.54 Å². The number of nitrogens with two attached hydrogens (primary N) is 1. The van der Waals surface area contributed by atoms with Crippen LogP contribution >= 0.6 is 0 Å². The molecule has 0 aliphatic heterocycles. The Morgan fingerprint density at radius 1 is 1.21 bits per heavy atom.